The molecule has 0 aliphatic heterocycles. The number of aromatic nitrogens is 3. The molecule has 0 aliphatic carbocycles. The lowest BCUT2D eigenvalue weighted by atomic mass is 10.1. The zero-order chi connectivity index (χ0) is 28.1. The number of rotatable bonds is 2. The van der Waals surface area contributed by atoms with Crippen molar-refractivity contribution in [1.82, 2.24) is 14.5 Å². The smallest absolute Gasteiger partial charge is 0.246 e. The van der Waals surface area contributed by atoms with Crippen LogP contribution >= 0.6 is 0 Å². The number of benzene rings is 6. The van der Waals surface area contributed by atoms with Crippen molar-refractivity contribution < 1.29 is 8.83 Å². The van der Waals surface area contributed by atoms with Crippen LogP contribution in [0.15, 0.2) is 136 Å². The van der Waals surface area contributed by atoms with Gasteiger partial charge >= 0.3 is 0 Å². The monoisotopic (exact) mass is 551 g/mol. The van der Waals surface area contributed by atoms with Crippen LogP contribution in [0, 0.1) is 0 Å². The van der Waals surface area contributed by atoms with Crippen molar-refractivity contribution >= 4 is 76.7 Å². The van der Waals surface area contributed by atoms with E-state index in [9.17, 15) is 0 Å². The van der Waals surface area contributed by atoms with Crippen LogP contribution in [-0.2, 0) is 0 Å². The Bertz CT molecular complexity index is 2750. The first kappa shape index (κ1) is 22.7. The summed E-state index contributed by atoms with van der Waals surface area (Å²) in [5.41, 5.74) is 8.91. The zero-order valence-electron chi connectivity index (χ0n) is 22.8. The molecule has 0 spiro atoms. The summed E-state index contributed by atoms with van der Waals surface area (Å²) in [6.45, 7) is 0. The maximum Gasteiger partial charge on any atom is 0.246 e. The van der Waals surface area contributed by atoms with E-state index in [2.05, 4.69) is 95.6 Å². The highest BCUT2D eigenvalue weighted by atomic mass is 16.3. The van der Waals surface area contributed by atoms with E-state index in [1.807, 2.05) is 36.5 Å². The van der Waals surface area contributed by atoms with Crippen molar-refractivity contribution in [2.75, 3.05) is 0 Å². The van der Waals surface area contributed by atoms with E-state index in [1.165, 1.54) is 0 Å². The van der Waals surface area contributed by atoms with Crippen LogP contribution in [0.4, 0.5) is 0 Å². The summed E-state index contributed by atoms with van der Waals surface area (Å²) in [6, 6.07) is 42.0. The quantitative estimate of drug-likeness (QED) is 0.214. The number of hydrogen-bond donors (Lipinski definition) is 0. The third-order valence-electron chi connectivity index (χ3n) is 8.65. The van der Waals surface area contributed by atoms with E-state index >= 15 is 0 Å². The molecular formula is C38H21N3O2. The molecule has 5 heteroatoms. The number of para-hydroxylation sites is 2. The van der Waals surface area contributed by atoms with Gasteiger partial charge in [0.15, 0.2) is 0 Å². The first-order chi connectivity index (χ1) is 21.3. The number of nitrogens with zero attached hydrogens (tertiary/aromatic N) is 3. The lowest BCUT2D eigenvalue weighted by Gasteiger charge is -2.10. The fourth-order valence-electron chi connectivity index (χ4n) is 6.76. The van der Waals surface area contributed by atoms with Crippen LogP contribution in [0.5, 0.6) is 0 Å². The van der Waals surface area contributed by atoms with Crippen LogP contribution < -0.4 is 0 Å². The fourth-order valence-corrected chi connectivity index (χ4v) is 6.76. The van der Waals surface area contributed by atoms with Gasteiger partial charge in [0.1, 0.15) is 22.3 Å². The highest BCUT2D eigenvalue weighted by Gasteiger charge is 2.19. The molecule has 0 aliphatic rings. The van der Waals surface area contributed by atoms with Gasteiger partial charge in [0.05, 0.1) is 33.7 Å². The maximum atomic E-state index is 6.47. The molecule has 0 saturated carbocycles. The van der Waals surface area contributed by atoms with E-state index in [1.54, 1.807) is 0 Å². The molecule has 0 fully saturated rings. The molecule has 0 amide bonds. The van der Waals surface area contributed by atoms with Gasteiger partial charge in [0.2, 0.25) is 5.71 Å². The van der Waals surface area contributed by atoms with Gasteiger partial charge in [-0.05, 0) is 53.2 Å². The molecule has 6 aromatic carbocycles. The standard InChI is InChI=1S/C38H21N3O2/c1-2-11-25-22(8-1)16-19-33-35(25)36-38(43-33)40-29(21-39-36)23-9-7-10-24(20-23)41-30-14-5-3-13-28(30)34-31(41)18-17-27-26-12-4-6-15-32(26)42-37(27)34/h1-21H. The fraction of sp³-hybridized carbons (Fsp3) is 0. The average molecular weight is 552 g/mol. The van der Waals surface area contributed by atoms with E-state index < -0.39 is 0 Å². The molecule has 10 aromatic rings. The first-order valence-corrected chi connectivity index (χ1v) is 14.3. The summed E-state index contributed by atoms with van der Waals surface area (Å²) in [5.74, 6) is 0. The molecule has 0 bridgehead atoms. The van der Waals surface area contributed by atoms with Gasteiger partial charge in [-0.1, -0.05) is 78.9 Å². The Labute approximate surface area is 244 Å². The Balaban J connectivity index is 1.19. The molecule has 0 radical (unpaired) electrons. The third kappa shape index (κ3) is 3.11. The van der Waals surface area contributed by atoms with Crippen molar-refractivity contribution in [2.24, 2.45) is 0 Å². The molecular weight excluding hydrogens is 530 g/mol. The van der Waals surface area contributed by atoms with Crippen LogP contribution in [0.1, 0.15) is 0 Å². The Hall–Kier alpha value is -5.94. The van der Waals surface area contributed by atoms with Crippen molar-refractivity contribution in [3.8, 4) is 16.9 Å². The second-order valence-electron chi connectivity index (χ2n) is 11.0. The predicted octanol–water partition coefficient (Wildman–Crippen LogP) is 10.2. The number of hydrogen-bond acceptors (Lipinski definition) is 4. The van der Waals surface area contributed by atoms with E-state index in [0.29, 0.717) is 5.71 Å². The Morgan fingerprint density at radius 1 is 0.558 bits per heavy atom. The summed E-state index contributed by atoms with van der Waals surface area (Å²) in [4.78, 5) is 9.82. The second-order valence-corrected chi connectivity index (χ2v) is 11.0. The molecule has 0 saturated heterocycles. The molecule has 0 N–H and O–H groups in total. The lowest BCUT2D eigenvalue weighted by molar-refractivity contribution is 0.653. The van der Waals surface area contributed by atoms with Gasteiger partial charge in [0, 0.05) is 27.4 Å². The maximum absolute atomic E-state index is 6.47. The summed E-state index contributed by atoms with van der Waals surface area (Å²) in [6.07, 6.45) is 1.85. The van der Waals surface area contributed by atoms with Crippen molar-refractivity contribution in [1.29, 1.82) is 0 Å². The topological polar surface area (TPSA) is 57.0 Å². The molecule has 4 aromatic heterocycles. The lowest BCUT2D eigenvalue weighted by Crippen LogP contribution is -1.95. The summed E-state index contributed by atoms with van der Waals surface area (Å²) in [7, 11) is 0. The van der Waals surface area contributed by atoms with E-state index in [4.69, 9.17) is 18.8 Å². The Morgan fingerprint density at radius 3 is 2.35 bits per heavy atom. The Morgan fingerprint density at radius 2 is 1.40 bits per heavy atom. The SMILES string of the molecule is c1cc(-c2cnc3c(n2)oc2ccc4ccccc4c23)cc(-n2c3ccccc3c3c4oc5ccccc5c4ccc32)c1. The van der Waals surface area contributed by atoms with Crippen LogP contribution in [0.3, 0.4) is 0 Å². The third-order valence-corrected chi connectivity index (χ3v) is 8.65. The molecule has 5 nitrogen and oxygen atoms in total. The average Bonchev–Trinajstić information content (AvgIpc) is 3.73. The highest BCUT2D eigenvalue weighted by molar-refractivity contribution is 6.24. The van der Waals surface area contributed by atoms with Gasteiger partial charge in [-0.15, -0.1) is 0 Å². The normalized spacial score (nSPS) is 12.2. The van der Waals surface area contributed by atoms with Gasteiger partial charge < -0.3 is 13.4 Å². The number of furan rings is 2. The van der Waals surface area contributed by atoms with Gasteiger partial charge in [-0.3, -0.25) is 0 Å². The molecule has 200 valence electrons. The van der Waals surface area contributed by atoms with Crippen LogP contribution in [0.2, 0.25) is 0 Å². The van der Waals surface area contributed by atoms with E-state index in [-0.39, 0.29) is 0 Å². The number of fused-ring (bicyclic) bond motifs is 12. The molecule has 10 rings (SSSR count). The van der Waals surface area contributed by atoms with E-state index in [0.717, 1.165) is 87.9 Å². The zero-order valence-corrected chi connectivity index (χ0v) is 22.8. The van der Waals surface area contributed by atoms with Gasteiger partial charge in [0.25, 0.3) is 0 Å². The Kier molecular flexibility index (Phi) is 4.39. The van der Waals surface area contributed by atoms with Crippen LogP contribution in [0.25, 0.3) is 93.7 Å². The minimum absolute atomic E-state index is 0.540. The van der Waals surface area contributed by atoms with Crippen molar-refractivity contribution in [3.63, 3.8) is 0 Å². The highest BCUT2D eigenvalue weighted by Crippen LogP contribution is 2.41. The van der Waals surface area contributed by atoms with Gasteiger partial charge in [-0.25, -0.2) is 9.97 Å². The summed E-state index contributed by atoms with van der Waals surface area (Å²) in [5, 5.41) is 7.81. The van der Waals surface area contributed by atoms with Gasteiger partial charge in [-0.2, -0.15) is 0 Å². The van der Waals surface area contributed by atoms with Crippen LogP contribution in [-0.4, -0.2) is 14.5 Å². The van der Waals surface area contributed by atoms with Crippen molar-refractivity contribution in [2.45, 2.75) is 0 Å². The minimum Gasteiger partial charge on any atom is -0.455 e. The largest absolute Gasteiger partial charge is 0.455 e. The summed E-state index contributed by atoms with van der Waals surface area (Å²) < 4.78 is 15.0. The first-order valence-electron chi connectivity index (χ1n) is 14.3. The molecule has 4 heterocycles. The van der Waals surface area contributed by atoms with Crippen molar-refractivity contribution in [3.05, 3.63) is 128 Å². The molecule has 43 heavy (non-hydrogen) atoms. The molecule has 0 unspecified atom stereocenters. The molecule has 0 atom stereocenters. The summed E-state index contributed by atoms with van der Waals surface area (Å²) >= 11 is 0. The second kappa shape index (κ2) is 8.30. The predicted molar refractivity (Wildman–Crippen MR) is 174 cm³/mol. The minimum atomic E-state index is 0.540.